The summed E-state index contributed by atoms with van der Waals surface area (Å²) in [5, 5.41) is 11.3. The molecule has 0 saturated heterocycles. The SMILES string of the molecule is Cc1ccc(C(=O)NCC(=O)N(C)C)cc1C#CCCO. The summed E-state index contributed by atoms with van der Waals surface area (Å²) in [6, 6.07) is 5.20. The summed E-state index contributed by atoms with van der Waals surface area (Å²) in [4.78, 5) is 24.9. The maximum Gasteiger partial charge on any atom is 0.251 e. The van der Waals surface area contributed by atoms with E-state index in [1.54, 1.807) is 26.2 Å². The Balaban J connectivity index is 2.80. The van der Waals surface area contributed by atoms with Crippen molar-refractivity contribution in [1.82, 2.24) is 10.2 Å². The molecule has 0 unspecified atom stereocenters. The van der Waals surface area contributed by atoms with E-state index in [0.717, 1.165) is 11.1 Å². The van der Waals surface area contributed by atoms with Gasteiger partial charge in [-0.1, -0.05) is 17.9 Å². The van der Waals surface area contributed by atoms with Gasteiger partial charge in [-0.05, 0) is 24.6 Å². The first-order chi connectivity index (χ1) is 9.95. The number of likely N-dealkylation sites (N-methyl/N-ethyl adjacent to an activating group) is 1. The van der Waals surface area contributed by atoms with Crippen LogP contribution in [0.5, 0.6) is 0 Å². The number of rotatable bonds is 4. The minimum Gasteiger partial charge on any atom is -0.395 e. The molecular formula is C16H20N2O3. The predicted molar refractivity (Wildman–Crippen MR) is 80.8 cm³/mol. The molecule has 1 aromatic carbocycles. The van der Waals surface area contributed by atoms with Crippen LogP contribution in [0.15, 0.2) is 18.2 Å². The highest BCUT2D eigenvalue weighted by atomic mass is 16.2. The molecule has 0 radical (unpaired) electrons. The normalized spacial score (nSPS) is 9.52. The van der Waals surface area contributed by atoms with Crippen molar-refractivity contribution in [3.63, 3.8) is 0 Å². The van der Waals surface area contributed by atoms with E-state index in [2.05, 4.69) is 17.2 Å². The van der Waals surface area contributed by atoms with Gasteiger partial charge in [0, 0.05) is 31.6 Å². The van der Waals surface area contributed by atoms with Crippen molar-refractivity contribution in [2.24, 2.45) is 0 Å². The molecule has 112 valence electrons. The summed E-state index contributed by atoms with van der Waals surface area (Å²) in [6.45, 7) is 1.88. The maximum atomic E-state index is 12.0. The average molecular weight is 288 g/mol. The lowest BCUT2D eigenvalue weighted by atomic mass is 10.0. The standard InChI is InChI=1S/C16H20N2O3/c1-12-7-8-14(10-13(12)6-4-5-9-19)16(21)17-11-15(20)18(2)3/h7-8,10,19H,5,9,11H2,1-3H3,(H,17,21). The van der Waals surface area contributed by atoms with Crippen LogP contribution in [0, 0.1) is 18.8 Å². The Morgan fingerprint density at radius 1 is 1.33 bits per heavy atom. The molecule has 1 aromatic rings. The molecule has 2 amide bonds. The van der Waals surface area contributed by atoms with E-state index in [1.807, 2.05) is 13.0 Å². The first-order valence-corrected chi connectivity index (χ1v) is 6.64. The van der Waals surface area contributed by atoms with Crippen molar-refractivity contribution in [2.45, 2.75) is 13.3 Å². The quantitative estimate of drug-likeness (QED) is 0.795. The zero-order valence-electron chi connectivity index (χ0n) is 12.6. The second-order valence-corrected chi connectivity index (χ2v) is 4.78. The van der Waals surface area contributed by atoms with E-state index in [-0.39, 0.29) is 25.0 Å². The van der Waals surface area contributed by atoms with E-state index >= 15 is 0 Å². The number of benzene rings is 1. The van der Waals surface area contributed by atoms with Crippen LogP contribution in [0.1, 0.15) is 27.9 Å². The van der Waals surface area contributed by atoms with Crippen LogP contribution in [0.2, 0.25) is 0 Å². The number of aliphatic hydroxyl groups excluding tert-OH is 1. The monoisotopic (exact) mass is 288 g/mol. The molecule has 1 rings (SSSR count). The average Bonchev–Trinajstić information content (AvgIpc) is 2.46. The van der Waals surface area contributed by atoms with Crippen LogP contribution in [-0.4, -0.2) is 49.1 Å². The van der Waals surface area contributed by atoms with Gasteiger partial charge in [0.2, 0.25) is 5.91 Å². The number of nitrogens with one attached hydrogen (secondary N) is 1. The lowest BCUT2D eigenvalue weighted by Crippen LogP contribution is -2.36. The van der Waals surface area contributed by atoms with Gasteiger partial charge in [0.15, 0.2) is 0 Å². The third-order valence-corrected chi connectivity index (χ3v) is 2.86. The number of carbonyl (C=O) groups excluding carboxylic acids is 2. The maximum absolute atomic E-state index is 12.0. The minimum atomic E-state index is -0.310. The summed E-state index contributed by atoms with van der Waals surface area (Å²) in [5.41, 5.74) is 2.16. The molecular weight excluding hydrogens is 268 g/mol. The number of carbonyl (C=O) groups is 2. The smallest absolute Gasteiger partial charge is 0.251 e. The second-order valence-electron chi connectivity index (χ2n) is 4.78. The molecule has 5 nitrogen and oxygen atoms in total. The zero-order valence-corrected chi connectivity index (χ0v) is 12.6. The van der Waals surface area contributed by atoms with Crippen LogP contribution < -0.4 is 5.32 Å². The van der Waals surface area contributed by atoms with Crippen LogP contribution in [0.3, 0.4) is 0 Å². The Bertz CT molecular complexity index is 583. The fourth-order valence-corrected chi connectivity index (χ4v) is 1.53. The Hall–Kier alpha value is -2.32. The fraction of sp³-hybridized carbons (Fsp3) is 0.375. The van der Waals surface area contributed by atoms with Crippen LogP contribution in [-0.2, 0) is 4.79 Å². The van der Waals surface area contributed by atoms with Crippen molar-refractivity contribution in [3.05, 3.63) is 34.9 Å². The van der Waals surface area contributed by atoms with Crippen LogP contribution in [0.4, 0.5) is 0 Å². The highest BCUT2D eigenvalue weighted by Crippen LogP contribution is 2.10. The second kappa shape index (κ2) is 8.08. The first-order valence-electron chi connectivity index (χ1n) is 6.64. The van der Waals surface area contributed by atoms with E-state index in [4.69, 9.17) is 5.11 Å². The van der Waals surface area contributed by atoms with E-state index in [0.29, 0.717) is 12.0 Å². The van der Waals surface area contributed by atoms with Gasteiger partial charge in [0.25, 0.3) is 5.91 Å². The number of amides is 2. The van der Waals surface area contributed by atoms with E-state index in [9.17, 15) is 9.59 Å². The molecule has 0 aliphatic rings. The highest BCUT2D eigenvalue weighted by Gasteiger charge is 2.10. The lowest BCUT2D eigenvalue weighted by molar-refractivity contribution is -0.127. The summed E-state index contributed by atoms with van der Waals surface area (Å²) in [5.74, 6) is 5.28. The van der Waals surface area contributed by atoms with Gasteiger partial charge in [0.05, 0.1) is 13.2 Å². The van der Waals surface area contributed by atoms with Gasteiger partial charge in [-0.2, -0.15) is 0 Å². The van der Waals surface area contributed by atoms with E-state index in [1.165, 1.54) is 4.90 Å². The molecule has 0 saturated carbocycles. The van der Waals surface area contributed by atoms with Gasteiger partial charge >= 0.3 is 0 Å². The van der Waals surface area contributed by atoms with Crippen LogP contribution in [0.25, 0.3) is 0 Å². The topological polar surface area (TPSA) is 69.6 Å². The molecule has 2 N–H and O–H groups in total. The molecule has 0 heterocycles. The molecule has 5 heteroatoms. The van der Waals surface area contributed by atoms with Crippen molar-refractivity contribution in [1.29, 1.82) is 0 Å². The number of hydrogen-bond donors (Lipinski definition) is 2. The van der Waals surface area contributed by atoms with Crippen molar-refractivity contribution < 1.29 is 14.7 Å². The molecule has 0 spiro atoms. The largest absolute Gasteiger partial charge is 0.395 e. The van der Waals surface area contributed by atoms with Gasteiger partial charge in [-0.25, -0.2) is 0 Å². The number of aliphatic hydroxyl groups is 1. The van der Waals surface area contributed by atoms with Crippen LogP contribution >= 0.6 is 0 Å². The fourth-order valence-electron chi connectivity index (χ4n) is 1.53. The van der Waals surface area contributed by atoms with Crippen molar-refractivity contribution >= 4 is 11.8 Å². The lowest BCUT2D eigenvalue weighted by Gasteiger charge is -2.11. The summed E-state index contributed by atoms with van der Waals surface area (Å²) < 4.78 is 0. The molecule has 0 atom stereocenters. The summed E-state index contributed by atoms with van der Waals surface area (Å²) >= 11 is 0. The van der Waals surface area contributed by atoms with Gasteiger partial charge in [-0.3, -0.25) is 9.59 Å². The van der Waals surface area contributed by atoms with Gasteiger partial charge in [0.1, 0.15) is 0 Å². The summed E-state index contributed by atoms with van der Waals surface area (Å²) in [6.07, 6.45) is 0.396. The molecule has 0 aliphatic carbocycles. The molecule has 0 fully saturated rings. The Morgan fingerprint density at radius 3 is 2.67 bits per heavy atom. The number of aryl methyl sites for hydroxylation is 1. The Kier molecular flexibility index (Phi) is 6.44. The minimum absolute atomic E-state index is 0.0128. The van der Waals surface area contributed by atoms with Crippen molar-refractivity contribution in [2.75, 3.05) is 27.2 Å². The zero-order chi connectivity index (χ0) is 15.8. The summed E-state index contributed by atoms with van der Waals surface area (Å²) in [7, 11) is 3.27. The Labute approximate surface area is 125 Å². The van der Waals surface area contributed by atoms with Crippen molar-refractivity contribution in [3.8, 4) is 11.8 Å². The van der Waals surface area contributed by atoms with E-state index < -0.39 is 0 Å². The highest BCUT2D eigenvalue weighted by molar-refractivity contribution is 5.96. The first kappa shape index (κ1) is 16.7. The predicted octanol–water partition coefficient (Wildman–Crippen LogP) is 0.547. The third kappa shape index (κ3) is 5.28. The number of hydrogen-bond acceptors (Lipinski definition) is 3. The van der Waals surface area contributed by atoms with Gasteiger partial charge in [-0.15, -0.1) is 0 Å². The number of nitrogens with zero attached hydrogens (tertiary/aromatic N) is 1. The van der Waals surface area contributed by atoms with Gasteiger partial charge < -0.3 is 15.3 Å². The molecule has 0 aromatic heterocycles. The molecule has 21 heavy (non-hydrogen) atoms. The Morgan fingerprint density at radius 2 is 2.05 bits per heavy atom. The molecule has 0 aliphatic heterocycles. The third-order valence-electron chi connectivity index (χ3n) is 2.86. The molecule has 0 bridgehead atoms.